The van der Waals surface area contributed by atoms with E-state index in [0.717, 1.165) is 30.2 Å². The standard InChI is InChI=1S/C16H22N2O/c1-4-13-5-7-14(8-6-13)15-10-18-16(19-15)11-17-9-12(2)3/h5-8,10,12,17H,4,9,11H2,1-3H3. The Morgan fingerprint density at radius 2 is 1.95 bits per heavy atom. The van der Waals surface area contributed by atoms with Gasteiger partial charge in [0.05, 0.1) is 12.7 Å². The van der Waals surface area contributed by atoms with E-state index < -0.39 is 0 Å². The van der Waals surface area contributed by atoms with E-state index in [2.05, 4.69) is 55.3 Å². The summed E-state index contributed by atoms with van der Waals surface area (Å²) in [6, 6.07) is 8.44. The second-order valence-corrected chi connectivity index (χ2v) is 5.19. The fourth-order valence-electron chi connectivity index (χ4n) is 1.90. The third-order valence-electron chi connectivity index (χ3n) is 3.03. The minimum absolute atomic E-state index is 0.635. The molecule has 1 aromatic heterocycles. The number of oxazole rings is 1. The Morgan fingerprint density at radius 1 is 1.21 bits per heavy atom. The molecule has 0 unspecified atom stereocenters. The first-order valence-corrected chi connectivity index (χ1v) is 6.93. The molecule has 102 valence electrons. The van der Waals surface area contributed by atoms with Gasteiger partial charge in [0.1, 0.15) is 0 Å². The highest BCUT2D eigenvalue weighted by Gasteiger charge is 2.06. The molecule has 0 amide bonds. The van der Waals surface area contributed by atoms with Crippen molar-refractivity contribution >= 4 is 0 Å². The predicted octanol–water partition coefficient (Wildman–Crippen LogP) is 3.65. The summed E-state index contributed by atoms with van der Waals surface area (Å²) in [5, 5.41) is 3.33. The van der Waals surface area contributed by atoms with Gasteiger partial charge in [-0.05, 0) is 24.4 Å². The molecule has 1 aromatic carbocycles. The second-order valence-electron chi connectivity index (χ2n) is 5.19. The molecule has 19 heavy (non-hydrogen) atoms. The topological polar surface area (TPSA) is 38.1 Å². The molecule has 0 fully saturated rings. The Bertz CT molecular complexity index is 500. The zero-order valence-electron chi connectivity index (χ0n) is 11.9. The maximum Gasteiger partial charge on any atom is 0.208 e. The first-order chi connectivity index (χ1) is 9.19. The van der Waals surface area contributed by atoms with E-state index in [-0.39, 0.29) is 0 Å². The zero-order valence-corrected chi connectivity index (χ0v) is 11.9. The number of hydrogen-bond acceptors (Lipinski definition) is 3. The van der Waals surface area contributed by atoms with Gasteiger partial charge in [-0.25, -0.2) is 4.98 Å². The quantitative estimate of drug-likeness (QED) is 0.859. The highest BCUT2D eigenvalue weighted by Crippen LogP contribution is 2.21. The number of rotatable bonds is 6. The fourth-order valence-corrected chi connectivity index (χ4v) is 1.90. The summed E-state index contributed by atoms with van der Waals surface area (Å²) in [7, 11) is 0. The Morgan fingerprint density at radius 3 is 2.58 bits per heavy atom. The van der Waals surface area contributed by atoms with Gasteiger partial charge in [0, 0.05) is 5.56 Å². The lowest BCUT2D eigenvalue weighted by Crippen LogP contribution is -2.18. The molecule has 3 heteroatoms. The lowest BCUT2D eigenvalue weighted by Gasteiger charge is -2.04. The summed E-state index contributed by atoms with van der Waals surface area (Å²) in [5.74, 6) is 2.22. The smallest absolute Gasteiger partial charge is 0.208 e. The maximum atomic E-state index is 5.75. The van der Waals surface area contributed by atoms with E-state index in [9.17, 15) is 0 Å². The number of nitrogens with one attached hydrogen (secondary N) is 1. The first kappa shape index (κ1) is 13.8. The summed E-state index contributed by atoms with van der Waals surface area (Å²) in [6.07, 6.45) is 2.86. The van der Waals surface area contributed by atoms with E-state index >= 15 is 0 Å². The van der Waals surface area contributed by atoms with Crippen molar-refractivity contribution in [3.63, 3.8) is 0 Å². The van der Waals surface area contributed by atoms with Crippen molar-refractivity contribution in [3.8, 4) is 11.3 Å². The van der Waals surface area contributed by atoms with Gasteiger partial charge in [0.15, 0.2) is 5.76 Å². The van der Waals surface area contributed by atoms with E-state index in [1.54, 1.807) is 6.20 Å². The molecular formula is C16H22N2O. The fraction of sp³-hybridized carbons (Fsp3) is 0.438. The molecule has 0 aliphatic carbocycles. The number of hydrogen-bond donors (Lipinski definition) is 1. The summed E-state index contributed by atoms with van der Waals surface area (Å²) >= 11 is 0. The normalized spacial score (nSPS) is 11.2. The molecule has 0 aliphatic heterocycles. The van der Waals surface area contributed by atoms with Crippen molar-refractivity contribution in [2.24, 2.45) is 5.92 Å². The first-order valence-electron chi connectivity index (χ1n) is 6.93. The van der Waals surface area contributed by atoms with Gasteiger partial charge in [0.25, 0.3) is 0 Å². The molecular weight excluding hydrogens is 236 g/mol. The van der Waals surface area contributed by atoms with E-state index in [0.29, 0.717) is 12.5 Å². The van der Waals surface area contributed by atoms with Crippen molar-refractivity contribution in [1.82, 2.24) is 10.3 Å². The molecule has 1 N–H and O–H groups in total. The summed E-state index contributed by atoms with van der Waals surface area (Å²) in [6.45, 7) is 8.18. The van der Waals surface area contributed by atoms with Gasteiger partial charge < -0.3 is 9.73 Å². The molecule has 0 saturated heterocycles. The van der Waals surface area contributed by atoms with Gasteiger partial charge in [0.2, 0.25) is 5.89 Å². The van der Waals surface area contributed by atoms with Gasteiger partial charge in [-0.3, -0.25) is 0 Å². The SMILES string of the molecule is CCc1ccc(-c2cnc(CNCC(C)C)o2)cc1. The molecule has 0 radical (unpaired) electrons. The third kappa shape index (κ3) is 3.93. The Labute approximate surface area is 115 Å². The van der Waals surface area contributed by atoms with Crippen LogP contribution in [0.2, 0.25) is 0 Å². The predicted molar refractivity (Wildman–Crippen MR) is 77.9 cm³/mol. The van der Waals surface area contributed by atoms with E-state index in [1.165, 1.54) is 5.56 Å². The number of aryl methyl sites for hydroxylation is 1. The maximum absolute atomic E-state index is 5.75. The van der Waals surface area contributed by atoms with Crippen LogP contribution in [0.4, 0.5) is 0 Å². The van der Waals surface area contributed by atoms with Gasteiger partial charge in [-0.1, -0.05) is 45.0 Å². The highest BCUT2D eigenvalue weighted by atomic mass is 16.4. The van der Waals surface area contributed by atoms with Crippen molar-refractivity contribution in [2.75, 3.05) is 6.54 Å². The highest BCUT2D eigenvalue weighted by molar-refractivity contribution is 5.56. The van der Waals surface area contributed by atoms with Crippen LogP contribution in [0.5, 0.6) is 0 Å². The van der Waals surface area contributed by atoms with Gasteiger partial charge in [-0.2, -0.15) is 0 Å². The number of nitrogens with zero attached hydrogens (tertiary/aromatic N) is 1. The molecule has 0 aliphatic rings. The van der Waals surface area contributed by atoms with Crippen LogP contribution >= 0.6 is 0 Å². The average molecular weight is 258 g/mol. The minimum Gasteiger partial charge on any atom is -0.439 e. The molecule has 2 rings (SSSR count). The average Bonchev–Trinajstić information content (AvgIpc) is 2.87. The molecule has 0 saturated carbocycles. The minimum atomic E-state index is 0.635. The van der Waals surface area contributed by atoms with Gasteiger partial charge in [-0.15, -0.1) is 0 Å². The van der Waals surface area contributed by atoms with Crippen LogP contribution in [0.15, 0.2) is 34.9 Å². The van der Waals surface area contributed by atoms with Crippen LogP contribution in [0.3, 0.4) is 0 Å². The molecule has 0 atom stereocenters. The van der Waals surface area contributed by atoms with Crippen molar-refractivity contribution in [1.29, 1.82) is 0 Å². The van der Waals surface area contributed by atoms with Crippen LogP contribution in [-0.2, 0) is 13.0 Å². The largest absolute Gasteiger partial charge is 0.439 e. The number of aromatic nitrogens is 1. The van der Waals surface area contributed by atoms with Crippen LogP contribution in [0, 0.1) is 5.92 Å². The molecule has 0 spiro atoms. The van der Waals surface area contributed by atoms with Crippen molar-refractivity contribution < 1.29 is 4.42 Å². The summed E-state index contributed by atoms with van der Waals surface area (Å²) < 4.78 is 5.75. The Hall–Kier alpha value is -1.61. The molecule has 2 aromatic rings. The van der Waals surface area contributed by atoms with E-state index in [4.69, 9.17) is 4.42 Å². The van der Waals surface area contributed by atoms with Crippen LogP contribution in [0.25, 0.3) is 11.3 Å². The third-order valence-corrected chi connectivity index (χ3v) is 3.03. The molecule has 0 bridgehead atoms. The van der Waals surface area contributed by atoms with Crippen molar-refractivity contribution in [3.05, 3.63) is 41.9 Å². The van der Waals surface area contributed by atoms with Crippen molar-refractivity contribution in [2.45, 2.75) is 33.7 Å². The summed E-state index contributed by atoms with van der Waals surface area (Å²) in [5.41, 5.74) is 2.42. The molecule has 3 nitrogen and oxygen atoms in total. The Kier molecular flexibility index (Phi) is 4.74. The zero-order chi connectivity index (χ0) is 13.7. The molecule has 1 heterocycles. The van der Waals surface area contributed by atoms with Gasteiger partial charge >= 0.3 is 0 Å². The van der Waals surface area contributed by atoms with E-state index in [1.807, 2.05) is 0 Å². The van der Waals surface area contributed by atoms with Crippen LogP contribution in [-0.4, -0.2) is 11.5 Å². The lowest BCUT2D eigenvalue weighted by molar-refractivity contribution is 0.459. The Balaban J connectivity index is 1.99. The van der Waals surface area contributed by atoms with Crippen LogP contribution < -0.4 is 5.32 Å². The number of benzene rings is 1. The summed E-state index contributed by atoms with van der Waals surface area (Å²) in [4.78, 5) is 4.30. The lowest BCUT2D eigenvalue weighted by atomic mass is 10.1. The second kappa shape index (κ2) is 6.53. The monoisotopic (exact) mass is 258 g/mol. The van der Waals surface area contributed by atoms with Crippen LogP contribution in [0.1, 0.15) is 32.2 Å².